The highest BCUT2D eigenvalue weighted by atomic mass is 16.5. The Morgan fingerprint density at radius 3 is 2.56 bits per heavy atom. The molecule has 0 bridgehead atoms. The van der Waals surface area contributed by atoms with Crippen LogP contribution in [-0.4, -0.2) is 49.2 Å². The first-order valence-corrected chi connectivity index (χ1v) is 9.52. The summed E-state index contributed by atoms with van der Waals surface area (Å²) >= 11 is 0. The predicted octanol–water partition coefficient (Wildman–Crippen LogP) is 3.37. The molecule has 0 radical (unpaired) electrons. The van der Waals surface area contributed by atoms with Gasteiger partial charge in [-0.15, -0.1) is 0 Å². The van der Waals surface area contributed by atoms with Gasteiger partial charge in [-0.3, -0.25) is 4.79 Å². The molecular weight excluding hydrogens is 344 g/mol. The number of nitrogens with zero attached hydrogens (tertiary/aromatic N) is 1. The molecule has 1 aromatic carbocycles. The summed E-state index contributed by atoms with van der Waals surface area (Å²) in [4.78, 5) is 25.8. The summed E-state index contributed by atoms with van der Waals surface area (Å²) in [6.45, 7) is 9.61. The van der Waals surface area contributed by atoms with E-state index in [0.29, 0.717) is 32.5 Å². The molecule has 0 atom stereocenters. The number of para-hydroxylation sites is 1. The molecule has 1 aliphatic rings. The van der Waals surface area contributed by atoms with Crippen molar-refractivity contribution in [3.8, 4) is 5.75 Å². The highest BCUT2D eigenvalue weighted by molar-refractivity contribution is 5.76. The minimum atomic E-state index is -0.427. The number of nitrogens with one attached hydrogen (secondary N) is 1. The molecule has 0 spiro atoms. The van der Waals surface area contributed by atoms with Crippen LogP contribution in [0.25, 0.3) is 0 Å². The fraction of sp³-hybridized carbons (Fsp3) is 0.524. The maximum Gasteiger partial charge on any atom is 0.407 e. The largest absolute Gasteiger partial charge is 0.493 e. The van der Waals surface area contributed by atoms with Crippen LogP contribution in [0.5, 0.6) is 5.75 Å². The summed E-state index contributed by atoms with van der Waals surface area (Å²) in [7, 11) is 0. The lowest BCUT2D eigenvalue weighted by Crippen LogP contribution is -2.46. The van der Waals surface area contributed by atoms with Crippen LogP contribution >= 0.6 is 0 Å². The van der Waals surface area contributed by atoms with Gasteiger partial charge in [-0.25, -0.2) is 4.79 Å². The van der Waals surface area contributed by atoms with Crippen LogP contribution < -0.4 is 10.1 Å². The highest BCUT2D eigenvalue weighted by Gasteiger charge is 2.23. The summed E-state index contributed by atoms with van der Waals surface area (Å²) < 4.78 is 10.8. The van der Waals surface area contributed by atoms with Gasteiger partial charge in [0.2, 0.25) is 5.91 Å². The topological polar surface area (TPSA) is 67.9 Å². The van der Waals surface area contributed by atoms with E-state index in [1.165, 1.54) is 6.08 Å². The number of amides is 2. The van der Waals surface area contributed by atoms with Crippen molar-refractivity contribution < 1.29 is 19.1 Å². The standard InChI is InChI=1S/C21H30N2O4/c1-4-14-27-21(25)22-18-10-12-23(13-11-18)19(24)9-6-15-26-20-16(2)7-5-8-17(20)3/h4-5,7-8,18H,1,6,9-15H2,2-3H3,(H,22,25). The molecule has 1 fully saturated rings. The first kappa shape index (κ1) is 20.8. The minimum Gasteiger partial charge on any atom is -0.493 e. The molecule has 0 aliphatic carbocycles. The van der Waals surface area contributed by atoms with Crippen molar-refractivity contribution in [3.63, 3.8) is 0 Å². The summed E-state index contributed by atoms with van der Waals surface area (Å²) in [6.07, 6.45) is 3.76. The molecule has 1 N–H and O–H groups in total. The van der Waals surface area contributed by atoms with Crippen LogP contribution in [0.4, 0.5) is 4.79 Å². The Morgan fingerprint density at radius 2 is 1.93 bits per heavy atom. The van der Waals surface area contributed by atoms with E-state index < -0.39 is 6.09 Å². The monoisotopic (exact) mass is 374 g/mol. The van der Waals surface area contributed by atoms with Crippen LogP contribution in [0.15, 0.2) is 30.9 Å². The number of piperidine rings is 1. The van der Waals surface area contributed by atoms with Crippen molar-refractivity contribution in [1.29, 1.82) is 0 Å². The number of benzene rings is 1. The van der Waals surface area contributed by atoms with E-state index in [1.54, 1.807) is 0 Å². The van der Waals surface area contributed by atoms with Gasteiger partial charge in [-0.2, -0.15) is 0 Å². The Hall–Kier alpha value is -2.50. The Balaban J connectivity index is 1.64. The van der Waals surface area contributed by atoms with Gasteiger partial charge in [-0.1, -0.05) is 30.9 Å². The zero-order valence-corrected chi connectivity index (χ0v) is 16.3. The van der Waals surface area contributed by atoms with Crippen LogP contribution in [0, 0.1) is 13.8 Å². The molecule has 0 aromatic heterocycles. The molecule has 6 nitrogen and oxygen atoms in total. The Kier molecular flexibility index (Phi) is 8.17. The number of aryl methyl sites for hydroxylation is 2. The molecule has 1 aliphatic heterocycles. The smallest absolute Gasteiger partial charge is 0.407 e. The first-order chi connectivity index (χ1) is 13.0. The van der Waals surface area contributed by atoms with Crippen LogP contribution in [0.1, 0.15) is 36.8 Å². The molecule has 1 saturated heterocycles. The molecule has 1 aromatic rings. The number of carbonyl (C=O) groups excluding carboxylic acids is 2. The first-order valence-electron chi connectivity index (χ1n) is 9.52. The fourth-order valence-electron chi connectivity index (χ4n) is 3.20. The van der Waals surface area contributed by atoms with Crippen LogP contribution in [-0.2, 0) is 9.53 Å². The van der Waals surface area contributed by atoms with Gasteiger partial charge in [0.15, 0.2) is 0 Å². The molecule has 2 amide bonds. The van der Waals surface area contributed by atoms with Gasteiger partial charge in [0, 0.05) is 25.6 Å². The second-order valence-electron chi connectivity index (χ2n) is 6.86. The van der Waals surface area contributed by atoms with Gasteiger partial charge in [0.1, 0.15) is 12.4 Å². The lowest BCUT2D eigenvalue weighted by Gasteiger charge is -2.32. The van der Waals surface area contributed by atoms with Crippen molar-refractivity contribution in [3.05, 3.63) is 42.0 Å². The van der Waals surface area contributed by atoms with Crippen molar-refractivity contribution >= 4 is 12.0 Å². The maximum atomic E-state index is 12.4. The lowest BCUT2D eigenvalue weighted by atomic mass is 10.0. The molecule has 148 valence electrons. The van der Waals surface area contributed by atoms with Crippen molar-refractivity contribution in [2.24, 2.45) is 0 Å². The second kappa shape index (κ2) is 10.6. The number of ether oxygens (including phenoxy) is 2. The van der Waals surface area contributed by atoms with E-state index in [2.05, 4.69) is 11.9 Å². The molecule has 6 heteroatoms. The van der Waals surface area contributed by atoms with Crippen LogP contribution in [0.2, 0.25) is 0 Å². The Labute approximate surface area is 161 Å². The van der Waals surface area contributed by atoms with E-state index in [4.69, 9.17) is 9.47 Å². The second-order valence-corrected chi connectivity index (χ2v) is 6.86. The van der Waals surface area contributed by atoms with E-state index in [1.807, 2.05) is 36.9 Å². The normalized spacial score (nSPS) is 14.5. The SMILES string of the molecule is C=CCOC(=O)NC1CCN(C(=O)CCCOc2c(C)cccc2C)CC1. The van der Waals surface area contributed by atoms with Gasteiger partial charge in [0.25, 0.3) is 0 Å². The minimum absolute atomic E-state index is 0.0544. The number of alkyl carbamates (subject to hydrolysis) is 1. The van der Waals surface area contributed by atoms with Crippen molar-refractivity contribution in [1.82, 2.24) is 10.2 Å². The summed E-state index contributed by atoms with van der Waals surface area (Å²) in [5, 5.41) is 2.83. The Morgan fingerprint density at radius 1 is 1.26 bits per heavy atom. The Bertz CT molecular complexity index is 631. The fourth-order valence-corrected chi connectivity index (χ4v) is 3.20. The van der Waals surface area contributed by atoms with Crippen molar-refractivity contribution in [2.45, 2.75) is 45.6 Å². The van der Waals surface area contributed by atoms with Gasteiger partial charge in [-0.05, 0) is 44.2 Å². The van der Waals surface area contributed by atoms with E-state index in [0.717, 1.165) is 29.7 Å². The molecule has 0 unspecified atom stereocenters. The van der Waals surface area contributed by atoms with Gasteiger partial charge < -0.3 is 19.7 Å². The number of carbonyl (C=O) groups is 2. The summed E-state index contributed by atoms with van der Waals surface area (Å²) in [5.74, 6) is 1.06. The zero-order chi connectivity index (χ0) is 19.6. The van der Waals surface area contributed by atoms with Gasteiger partial charge in [0.05, 0.1) is 6.61 Å². The van der Waals surface area contributed by atoms with Crippen LogP contribution in [0.3, 0.4) is 0 Å². The predicted molar refractivity (Wildman–Crippen MR) is 105 cm³/mol. The number of hydrogen-bond acceptors (Lipinski definition) is 4. The van der Waals surface area contributed by atoms with E-state index in [-0.39, 0.29) is 18.6 Å². The van der Waals surface area contributed by atoms with E-state index in [9.17, 15) is 9.59 Å². The summed E-state index contributed by atoms with van der Waals surface area (Å²) in [5.41, 5.74) is 2.23. The average Bonchev–Trinajstić information content (AvgIpc) is 2.65. The third-order valence-electron chi connectivity index (χ3n) is 4.69. The van der Waals surface area contributed by atoms with E-state index >= 15 is 0 Å². The zero-order valence-electron chi connectivity index (χ0n) is 16.3. The average molecular weight is 374 g/mol. The number of likely N-dealkylation sites (tertiary alicyclic amines) is 1. The lowest BCUT2D eigenvalue weighted by molar-refractivity contribution is -0.132. The maximum absolute atomic E-state index is 12.4. The summed E-state index contributed by atoms with van der Waals surface area (Å²) in [6, 6.07) is 6.12. The van der Waals surface area contributed by atoms with Gasteiger partial charge >= 0.3 is 6.09 Å². The molecule has 0 saturated carbocycles. The van der Waals surface area contributed by atoms with Crippen molar-refractivity contribution in [2.75, 3.05) is 26.3 Å². The third-order valence-corrected chi connectivity index (χ3v) is 4.69. The number of rotatable bonds is 8. The third kappa shape index (κ3) is 6.62. The molecule has 27 heavy (non-hydrogen) atoms. The molecule has 1 heterocycles. The molecular formula is C21H30N2O4. The number of hydrogen-bond donors (Lipinski definition) is 1. The molecule has 2 rings (SSSR count). The quantitative estimate of drug-likeness (QED) is 0.560. The highest BCUT2D eigenvalue weighted by Crippen LogP contribution is 2.22.